The normalized spacial score (nSPS) is 30.7. The van der Waals surface area contributed by atoms with Gasteiger partial charge in [-0.15, -0.1) is 0 Å². The number of benzene rings is 1. The molecule has 4 atom stereocenters. The lowest BCUT2D eigenvalue weighted by Gasteiger charge is -2.40. The van der Waals surface area contributed by atoms with Crippen LogP contribution in [0.15, 0.2) is 42.6 Å². The maximum Gasteiger partial charge on any atom is 0.254 e. The van der Waals surface area contributed by atoms with Crippen molar-refractivity contribution in [2.75, 3.05) is 6.61 Å². The first kappa shape index (κ1) is 16.7. The second kappa shape index (κ2) is 6.04. The molecule has 4 bridgehead atoms. The van der Waals surface area contributed by atoms with Crippen LogP contribution in [0.2, 0.25) is 0 Å². The number of aryl methyl sites for hydroxylation is 1. The summed E-state index contributed by atoms with van der Waals surface area (Å²) >= 11 is 0. The lowest BCUT2D eigenvalue weighted by atomic mass is 9.80. The van der Waals surface area contributed by atoms with Gasteiger partial charge >= 0.3 is 0 Å². The van der Waals surface area contributed by atoms with Gasteiger partial charge in [0.1, 0.15) is 5.82 Å². The Balaban J connectivity index is 1.39. The van der Waals surface area contributed by atoms with Crippen LogP contribution in [0.1, 0.15) is 41.6 Å². The molecule has 0 radical (unpaired) electrons. The summed E-state index contributed by atoms with van der Waals surface area (Å²) in [6, 6.07) is 11.4. The number of aromatic nitrogens is 1. The van der Waals surface area contributed by atoms with Crippen LogP contribution in [-0.2, 0) is 0 Å². The summed E-state index contributed by atoms with van der Waals surface area (Å²) in [5, 5.41) is 0. The van der Waals surface area contributed by atoms with Crippen LogP contribution in [0.3, 0.4) is 0 Å². The molecule has 4 unspecified atom stereocenters. The number of amides is 1. The molecule has 2 heterocycles. The average molecular weight is 366 g/mol. The van der Waals surface area contributed by atoms with Gasteiger partial charge in [-0.1, -0.05) is 17.7 Å². The van der Waals surface area contributed by atoms with E-state index in [0.717, 1.165) is 36.8 Å². The zero-order valence-electron chi connectivity index (χ0n) is 15.4. The third-order valence-electron chi connectivity index (χ3n) is 6.90. The molecule has 1 saturated heterocycles. The number of carbonyl (C=O) groups is 1. The lowest BCUT2D eigenvalue weighted by molar-refractivity contribution is 0.0383. The van der Waals surface area contributed by atoms with Crippen molar-refractivity contribution in [3.8, 4) is 5.88 Å². The van der Waals surface area contributed by atoms with Gasteiger partial charge in [-0.25, -0.2) is 9.37 Å². The van der Waals surface area contributed by atoms with Crippen molar-refractivity contribution < 1.29 is 13.9 Å². The van der Waals surface area contributed by atoms with Crippen molar-refractivity contribution in [1.29, 1.82) is 0 Å². The first-order valence-corrected chi connectivity index (χ1v) is 9.72. The van der Waals surface area contributed by atoms with E-state index in [1.807, 2.05) is 31.2 Å². The van der Waals surface area contributed by atoms with Gasteiger partial charge in [0.2, 0.25) is 5.88 Å². The molecule has 1 aliphatic heterocycles. The molecule has 0 spiro atoms. The number of carbonyl (C=O) groups excluding carboxylic acids is 1. The van der Waals surface area contributed by atoms with Crippen LogP contribution in [0.4, 0.5) is 4.39 Å². The van der Waals surface area contributed by atoms with Gasteiger partial charge in [-0.2, -0.15) is 0 Å². The van der Waals surface area contributed by atoms with E-state index in [1.165, 1.54) is 12.3 Å². The molecule has 3 fully saturated rings. The highest BCUT2D eigenvalue weighted by Crippen LogP contribution is 2.64. The van der Waals surface area contributed by atoms with Crippen LogP contribution in [-0.4, -0.2) is 34.5 Å². The summed E-state index contributed by atoms with van der Waals surface area (Å²) in [7, 11) is 0. The standard InChI is InChI=1S/C22H23FN2O2/c1-14-3-2-4-15(11-14)21(26)25-18-9-10-22(17(18)6-7-19(22)25)13-27-20-8-5-16(23)12-24-20/h2-5,8,11-12,17-19H,6-7,9-10,13H2,1H3. The molecule has 1 aromatic carbocycles. The summed E-state index contributed by atoms with van der Waals surface area (Å²) in [4.78, 5) is 19.4. The second-order valence-corrected chi connectivity index (χ2v) is 8.22. The molecule has 5 heteroatoms. The number of halogens is 1. The maximum atomic E-state index is 13.3. The summed E-state index contributed by atoms with van der Waals surface area (Å²) < 4.78 is 19.1. The van der Waals surface area contributed by atoms with E-state index in [2.05, 4.69) is 9.88 Å². The average Bonchev–Trinajstić information content (AvgIpc) is 3.30. The lowest BCUT2D eigenvalue weighted by Crippen LogP contribution is -2.49. The third kappa shape index (κ3) is 2.47. The van der Waals surface area contributed by atoms with E-state index in [4.69, 9.17) is 4.74 Å². The van der Waals surface area contributed by atoms with E-state index in [0.29, 0.717) is 24.4 Å². The molecule has 5 rings (SSSR count). The largest absolute Gasteiger partial charge is 0.477 e. The second-order valence-electron chi connectivity index (χ2n) is 8.22. The van der Waals surface area contributed by atoms with Crippen LogP contribution < -0.4 is 4.74 Å². The van der Waals surface area contributed by atoms with Gasteiger partial charge in [0, 0.05) is 29.1 Å². The number of piperidine rings is 2. The van der Waals surface area contributed by atoms with Gasteiger partial charge in [0.15, 0.2) is 0 Å². The van der Waals surface area contributed by atoms with E-state index in [1.54, 1.807) is 6.07 Å². The van der Waals surface area contributed by atoms with E-state index in [-0.39, 0.29) is 23.2 Å². The summed E-state index contributed by atoms with van der Waals surface area (Å²) in [5.74, 6) is 0.742. The first-order valence-electron chi connectivity index (χ1n) is 9.72. The van der Waals surface area contributed by atoms with E-state index < -0.39 is 0 Å². The minimum Gasteiger partial charge on any atom is -0.477 e. The minimum atomic E-state index is -0.364. The molecular weight excluding hydrogens is 343 g/mol. The first-order chi connectivity index (χ1) is 13.1. The van der Waals surface area contributed by atoms with Crippen LogP contribution in [0.5, 0.6) is 5.88 Å². The quantitative estimate of drug-likeness (QED) is 0.822. The molecule has 1 aromatic heterocycles. The fourth-order valence-corrected chi connectivity index (χ4v) is 5.84. The molecule has 2 aromatic rings. The van der Waals surface area contributed by atoms with E-state index in [9.17, 15) is 9.18 Å². The summed E-state index contributed by atoms with van der Waals surface area (Å²) in [6.45, 7) is 2.57. The highest BCUT2D eigenvalue weighted by atomic mass is 19.1. The molecule has 140 valence electrons. The highest BCUT2D eigenvalue weighted by molar-refractivity contribution is 5.95. The van der Waals surface area contributed by atoms with Gasteiger partial charge in [0.05, 0.1) is 12.8 Å². The Morgan fingerprint density at radius 2 is 2.19 bits per heavy atom. The number of likely N-dealkylation sites (tertiary alicyclic amines) is 1. The molecule has 2 aliphatic carbocycles. The minimum absolute atomic E-state index is 0.0141. The Morgan fingerprint density at radius 1 is 1.30 bits per heavy atom. The Labute approximate surface area is 158 Å². The van der Waals surface area contributed by atoms with Crippen molar-refractivity contribution in [2.24, 2.45) is 11.3 Å². The molecule has 3 aliphatic rings. The zero-order valence-corrected chi connectivity index (χ0v) is 15.4. The number of hydrogen-bond donors (Lipinski definition) is 0. The van der Waals surface area contributed by atoms with Crippen LogP contribution in [0.25, 0.3) is 0 Å². The fourth-order valence-electron chi connectivity index (χ4n) is 5.84. The molecule has 2 saturated carbocycles. The van der Waals surface area contributed by atoms with Crippen molar-refractivity contribution >= 4 is 5.91 Å². The van der Waals surface area contributed by atoms with Gasteiger partial charge in [-0.3, -0.25) is 4.79 Å². The predicted molar refractivity (Wildman–Crippen MR) is 99.0 cm³/mol. The van der Waals surface area contributed by atoms with Crippen LogP contribution in [0, 0.1) is 24.1 Å². The Bertz CT molecular complexity index is 884. The summed E-state index contributed by atoms with van der Waals surface area (Å²) in [6.07, 6.45) is 5.51. The molecular formula is C22H23FN2O2. The molecule has 27 heavy (non-hydrogen) atoms. The Hall–Kier alpha value is -2.43. The highest BCUT2D eigenvalue weighted by Gasteiger charge is 2.68. The SMILES string of the molecule is Cc1cccc(C(=O)N2C3CCC4(COc5ccc(F)cn5)C3CCC24)c1. The van der Waals surface area contributed by atoms with Crippen molar-refractivity contribution in [2.45, 2.75) is 44.7 Å². The number of rotatable bonds is 4. The zero-order chi connectivity index (χ0) is 18.6. The van der Waals surface area contributed by atoms with E-state index >= 15 is 0 Å². The molecule has 4 nitrogen and oxygen atoms in total. The number of hydrogen-bond acceptors (Lipinski definition) is 3. The molecule has 1 amide bonds. The van der Waals surface area contributed by atoms with Crippen molar-refractivity contribution in [3.05, 3.63) is 59.5 Å². The number of nitrogens with zero attached hydrogens (tertiary/aromatic N) is 2. The third-order valence-corrected chi connectivity index (χ3v) is 6.90. The summed E-state index contributed by atoms with van der Waals surface area (Å²) in [5.41, 5.74) is 1.90. The van der Waals surface area contributed by atoms with Crippen molar-refractivity contribution in [3.63, 3.8) is 0 Å². The fraction of sp³-hybridized carbons (Fsp3) is 0.455. The predicted octanol–water partition coefficient (Wildman–Crippen LogP) is 3.99. The Morgan fingerprint density at radius 3 is 2.96 bits per heavy atom. The number of pyridine rings is 1. The Kier molecular flexibility index (Phi) is 3.74. The monoisotopic (exact) mass is 366 g/mol. The molecule has 0 N–H and O–H groups in total. The van der Waals surface area contributed by atoms with Gasteiger partial charge < -0.3 is 9.64 Å². The maximum absolute atomic E-state index is 13.3. The van der Waals surface area contributed by atoms with Gasteiger partial charge in [0.25, 0.3) is 5.91 Å². The van der Waals surface area contributed by atoms with Crippen LogP contribution >= 0.6 is 0 Å². The van der Waals surface area contributed by atoms with Gasteiger partial charge in [-0.05, 0) is 56.7 Å². The van der Waals surface area contributed by atoms with Crippen molar-refractivity contribution in [1.82, 2.24) is 9.88 Å². The number of ether oxygens (including phenoxy) is 1. The smallest absolute Gasteiger partial charge is 0.254 e. The topological polar surface area (TPSA) is 42.4 Å².